The van der Waals surface area contributed by atoms with E-state index in [0.717, 1.165) is 11.3 Å². The van der Waals surface area contributed by atoms with E-state index in [-0.39, 0.29) is 65.4 Å². The minimum Gasteiger partial charge on any atom is -0.430 e. The van der Waals surface area contributed by atoms with E-state index in [2.05, 4.69) is 17.2 Å². The first kappa shape index (κ1) is 13.9. The second-order valence-corrected chi connectivity index (χ2v) is 1.78. The molecule has 2 radical (unpaired) electrons. The van der Waals surface area contributed by atoms with Crippen molar-refractivity contribution in [2.45, 2.75) is 13.8 Å². The summed E-state index contributed by atoms with van der Waals surface area (Å²) in [5.41, 5.74) is 1.94. The Morgan fingerprint density at radius 3 is 2.20 bits per heavy atom. The molecule has 1 rings (SSSR count). The molecule has 0 saturated heterocycles. The minimum absolute atomic E-state index is 0. The van der Waals surface area contributed by atoms with E-state index in [9.17, 15) is 0 Å². The molecule has 0 aromatic carbocycles. The number of aromatic nitrogens is 1. The summed E-state index contributed by atoms with van der Waals surface area (Å²) in [6.07, 6.45) is 2.82. The van der Waals surface area contributed by atoms with Crippen molar-refractivity contribution in [1.29, 1.82) is 0 Å². The second-order valence-electron chi connectivity index (χ2n) is 1.78. The van der Waals surface area contributed by atoms with E-state index in [1.54, 1.807) is 0 Å². The molecule has 3 heteroatoms. The third-order valence-corrected chi connectivity index (χ3v) is 0.898. The van der Waals surface area contributed by atoms with E-state index < -0.39 is 0 Å². The molecule has 0 atom stereocenters. The van der Waals surface area contributed by atoms with Crippen molar-refractivity contribution in [2.75, 3.05) is 0 Å². The van der Waals surface area contributed by atoms with Crippen molar-refractivity contribution >= 4 is 0 Å². The molecule has 0 saturated carbocycles. The van der Waals surface area contributed by atoms with Gasteiger partial charge in [-0.05, 0) is 0 Å². The topological polar surface area (TPSA) is 12.9 Å². The van der Waals surface area contributed by atoms with Gasteiger partial charge in [0.1, 0.15) is 0 Å². The van der Waals surface area contributed by atoms with E-state index in [1.165, 1.54) is 0 Å². The predicted molar refractivity (Wildman–Crippen MR) is 31.4 cm³/mol. The molecule has 0 bridgehead atoms. The molecule has 0 N–H and O–H groups in total. The third-order valence-electron chi connectivity index (χ3n) is 0.898. The molecule has 0 aliphatic rings. The fraction of sp³-hybridized carbons (Fsp3) is 0.286. The van der Waals surface area contributed by atoms with Gasteiger partial charge < -0.3 is 17.1 Å². The van der Waals surface area contributed by atoms with Crippen LogP contribution in [0.3, 0.4) is 0 Å². The van der Waals surface area contributed by atoms with Crippen LogP contribution in [-0.2, 0) is 65.4 Å². The number of pyridine rings is 1. The fourth-order valence-corrected chi connectivity index (χ4v) is 0.449. The van der Waals surface area contributed by atoms with Gasteiger partial charge in [0.2, 0.25) is 0 Å². The van der Waals surface area contributed by atoms with Gasteiger partial charge >= 0.3 is 0 Å². The smallest absolute Gasteiger partial charge is 0 e. The molecule has 1 aromatic heterocycles. The van der Waals surface area contributed by atoms with Crippen molar-refractivity contribution in [3.63, 3.8) is 0 Å². The fourth-order valence-electron chi connectivity index (χ4n) is 0.449. The van der Waals surface area contributed by atoms with Crippen molar-refractivity contribution in [3.8, 4) is 0 Å². The van der Waals surface area contributed by atoms with Gasteiger partial charge in [-0.3, -0.25) is 5.56 Å². The van der Waals surface area contributed by atoms with Gasteiger partial charge in [0.05, 0.1) is 0 Å². The largest absolute Gasteiger partial charge is 0.430 e. The number of hydrogen-bond donors (Lipinski definition) is 0. The molecule has 0 aliphatic carbocycles. The van der Waals surface area contributed by atoms with Crippen LogP contribution in [0.25, 0.3) is 0 Å². The van der Waals surface area contributed by atoms with Crippen LogP contribution in [0.15, 0.2) is 6.07 Å². The molecule has 0 unspecified atom stereocenters. The van der Waals surface area contributed by atoms with Crippen molar-refractivity contribution in [3.05, 3.63) is 29.6 Å². The summed E-state index contributed by atoms with van der Waals surface area (Å²) in [5, 5.41) is 0. The van der Waals surface area contributed by atoms with E-state index in [0.29, 0.717) is 0 Å². The van der Waals surface area contributed by atoms with Crippen LogP contribution < -0.4 is 0 Å². The van der Waals surface area contributed by atoms with Gasteiger partial charge in [0, 0.05) is 65.4 Å². The molecular formula is C7H7NY2-2. The first-order valence-electron chi connectivity index (χ1n) is 2.52. The van der Waals surface area contributed by atoms with E-state index in [4.69, 9.17) is 0 Å². The Labute approximate surface area is 112 Å². The first-order valence-corrected chi connectivity index (χ1v) is 2.52. The van der Waals surface area contributed by atoms with Gasteiger partial charge in [0.15, 0.2) is 0 Å². The van der Waals surface area contributed by atoms with Crippen LogP contribution in [0, 0.1) is 26.1 Å². The standard InChI is InChI=1S/C7H7N.2Y/c1-6-3-4-7(2)8-5-6;;/h3H,1-2H3;;/q-2;;. The monoisotopic (exact) mass is 283 g/mol. The van der Waals surface area contributed by atoms with Crippen LogP contribution >= 0.6 is 0 Å². The Bertz CT molecular complexity index is 150. The maximum Gasteiger partial charge on any atom is 0 e. The summed E-state index contributed by atoms with van der Waals surface area (Å²) in [6.45, 7) is 3.85. The van der Waals surface area contributed by atoms with Crippen LogP contribution in [0.5, 0.6) is 0 Å². The minimum atomic E-state index is 0. The van der Waals surface area contributed by atoms with Gasteiger partial charge in [0.25, 0.3) is 0 Å². The maximum absolute atomic E-state index is 3.90. The Hall–Kier alpha value is 1.36. The number of rotatable bonds is 0. The SMILES string of the molecule is Cc1[c-]nc(C)[c-]c1.[Y].[Y]. The molecule has 1 aromatic rings. The van der Waals surface area contributed by atoms with E-state index >= 15 is 0 Å². The Kier molecular flexibility index (Phi) is 9.78. The summed E-state index contributed by atoms with van der Waals surface area (Å²) >= 11 is 0. The summed E-state index contributed by atoms with van der Waals surface area (Å²) in [7, 11) is 0. The van der Waals surface area contributed by atoms with Crippen LogP contribution in [0.2, 0.25) is 0 Å². The van der Waals surface area contributed by atoms with Crippen molar-refractivity contribution in [1.82, 2.24) is 4.98 Å². The van der Waals surface area contributed by atoms with Crippen LogP contribution in [0.4, 0.5) is 0 Å². The number of nitrogens with zero attached hydrogens (tertiary/aromatic N) is 1. The van der Waals surface area contributed by atoms with Crippen LogP contribution in [0.1, 0.15) is 11.3 Å². The molecule has 1 nitrogen and oxygen atoms in total. The normalized spacial score (nSPS) is 7.40. The van der Waals surface area contributed by atoms with Crippen molar-refractivity contribution in [2.24, 2.45) is 0 Å². The zero-order valence-electron chi connectivity index (χ0n) is 6.18. The number of hydrogen-bond acceptors (Lipinski definition) is 1. The maximum atomic E-state index is 3.90. The predicted octanol–water partition coefficient (Wildman–Crippen LogP) is 1.29. The molecule has 0 spiro atoms. The second kappa shape index (κ2) is 7.03. The molecule has 0 amide bonds. The molecule has 1 heterocycles. The average Bonchev–Trinajstić information content (AvgIpc) is 1.77. The Morgan fingerprint density at radius 2 is 1.90 bits per heavy atom. The average molecular weight is 283 g/mol. The zero-order chi connectivity index (χ0) is 5.98. The van der Waals surface area contributed by atoms with Crippen molar-refractivity contribution < 1.29 is 65.4 Å². The van der Waals surface area contributed by atoms with Gasteiger partial charge in [-0.25, -0.2) is 0 Å². The van der Waals surface area contributed by atoms with Gasteiger partial charge in [-0.2, -0.15) is 11.9 Å². The number of aryl methyl sites for hydroxylation is 2. The summed E-state index contributed by atoms with van der Waals surface area (Å²) < 4.78 is 0. The molecule has 0 fully saturated rings. The van der Waals surface area contributed by atoms with Gasteiger partial charge in [-0.1, -0.05) is 6.92 Å². The van der Waals surface area contributed by atoms with Gasteiger partial charge in [-0.15, -0.1) is 6.92 Å². The summed E-state index contributed by atoms with van der Waals surface area (Å²) in [4.78, 5) is 3.90. The molecule has 10 heavy (non-hydrogen) atoms. The van der Waals surface area contributed by atoms with E-state index in [1.807, 2.05) is 19.9 Å². The summed E-state index contributed by atoms with van der Waals surface area (Å²) in [6, 6.07) is 4.83. The molecular weight excluding hydrogens is 276 g/mol. The molecule has 48 valence electrons. The Morgan fingerprint density at radius 1 is 1.30 bits per heavy atom. The summed E-state index contributed by atoms with van der Waals surface area (Å²) in [5.74, 6) is 0. The first-order chi connectivity index (χ1) is 3.79. The Balaban J connectivity index is 0. The zero-order valence-corrected chi connectivity index (χ0v) is 11.9. The van der Waals surface area contributed by atoms with Crippen LogP contribution in [-0.4, -0.2) is 4.98 Å². The molecule has 0 aliphatic heterocycles. The quantitative estimate of drug-likeness (QED) is 0.654. The third kappa shape index (κ3) is 5.07.